The number of aromatic nitrogens is 2. The molecule has 0 spiro atoms. The molecule has 1 unspecified atom stereocenters. The van der Waals surface area contributed by atoms with Crippen LogP contribution in [0.4, 0.5) is 0 Å². The van der Waals surface area contributed by atoms with Crippen LogP contribution in [0.5, 0.6) is 5.75 Å². The molecule has 5 nitrogen and oxygen atoms in total. The van der Waals surface area contributed by atoms with Gasteiger partial charge in [0, 0.05) is 36.5 Å². The third-order valence-corrected chi connectivity index (χ3v) is 9.02. The first kappa shape index (κ1) is 17.8. The number of nitrogens with zero attached hydrogens (tertiary/aromatic N) is 3. The van der Waals surface area contributed by atoms with E-state index in [1.165, 1.54) is 53.8 Å². The number of hydrogen-bond acceptors (Lipinski definition) is 4. The SMILES string of the molecule is Cc1c2c(nn1C1CC1)C[C@@]13CCN(CC4CC4)C(Cc4ccc(O)cc41)[C@@]3(O)C2. The summed E-state index contributed by atoms with van der Waals surface area (Å²) in [6.07, 6.45) is 8.45. The highest BCUT2D eigenvalue weighted by atomic mass is 16.3. The van der Waals surface area contributed by atoms with Gasteiger partial charge in [0.05, 0.1) is 17.3 Å². The van der Waals surface area contributed by atoms with Gasteiger partial charge in [-0.15, -0.1) is 0 Å². The van der Waals surface area contributed by atoms with Crippen LogP contribution in [0.3, 0.4) is 0 Å². The zero-order valence-corrected chi connectivity index (χ0v) is 17.8. The smallest absolute Gasteiger partial charge is 0.115 e. The molecular formula is C25H31N3O2. The van der Waals surface area contributed by atoms with E-state index in [4.69, 9.17) is 5.10 Å². The first-order valence-electron chi connectivity index (χ1n) is 11.8. The summed E-state index contributed by atoms with van der Waals surface area (Å²) in [5, 5.41) is 28.0. The second-order valence-electron chi connectivity index (χ2n) is 10.8. The Morgan fingerprint density at radius 2 is 2.00 bits per heavy atom. The van der Waals surface area contributed by atoms with Crippen molar-refractivity contribution >= 4 is 0 Å². The average Bonchev–Trinajstić information content (AvgIpc) is 3.63. The summed E-state index contributed by atoms with van der Waals surface area (Å²) in [5.41, 5.74) is 5.10. The van der Waals surface area contributed by atoms with E-state index in [0.717, 1.165) is 38.3 Å². The standard InChI is InChI=1S/C25H31N3O2/c1-15-20-12-25(30)23-10-17-4-7-19(29)11-21(17)24(25,8-9-27(23)14-16-2-3-16)13-22(20)26-28(15)18-5-6-18/h4,7,11,16,18,23,29-30H,2-3,5-6,8-10,12-14H2,1H3/t23?,24-,25-/m0/s1. The Bertz CT molecular complexity index is 1050. The number of likely N-dealkylation sites (tertiary alicyclic amines) is 1. The number of piperidine rings is 1. The zero-order chi connectivity index (χ0) is 20.3. The fourth-order valence-electron chi connectivity index (χ4n) is 7.08. The molecule has 2 heterocycles. The van der Waals surface area contributed by atoms with Crippen molar-refractivity contribution in [3.63, 3.8) is 0 Å². The number of aliphatic hydroxyl groups is 1. The maximum absolute atomic E-state index is 12.6. The van der Waals surface area contributed by atoms with Gasteiger partial charge in [0.25, 0.3) is 0 Å². The van der Waals surface area contributed by atoms with Crippen LogP contribution < -0.4 is 0 Å². The Morgan fingerprint density at radius 3 is 2.77 bits per heavy atom. The molecule has 2 N–H and O–H groups in total. The van der Waals surface area contributed by atoms with Crippen LogP contribution in [0.1, 0.15) is 66.2 Å². The molecule has 158 valence electrons. The highest BCUT2D eigenvalue weighted by Gasteiger charge is 2.65. The minimum absolute atomic E-state index is 0.153. The minimum atomic E-state index is -0.796. The molecule has 5 heteroatoms. The molecule has 30 heavy (non-hydrogen) atoms. The van der Waals surface area contributed by atoms with E-state index >= 15 is 0 Å². The van der Waals surface area contributed by atoms with Gasteiger partial charge in [-0.3, -0.25) is 9.58 Å². The van der Waals surface area contributed by atoms with Crippen molar-refractivity contribution in [3.8, 4) is 5.75 Å². The fraction of sp³-hybridized carbons (Fsp3) is 0.640. The predicted molar refractivity (Wildman–Crippen MR) is 114 cm³/mol. The monoisotopic (exact) mass is 405 g/mol. The Labute approximate surface area is 177 Å². The van der Waals surface area contributed by atoms with E-state index in [-0.39, 0.29) is 11.5 Å². The summed E-state index contributed by atoms with van der Waals surface area (Å²) in [5.74, 6) is 1.13. The Kier molecular flexibility index (Phi) is 3.37. The number of fused-ring (bicyclic) bond motifs is 2. The third kappa shape index (κ3) is 2.23. The van der Waals surface area contributed by atoms with Crippen LogP contribution in [-0.2, 0) is 24.7 Å². The Hall–Kier alpha value is -1.85. The van der Waals surface area contributed by atoms with E-state index in [1.807, 2.05) is 12.1 Å². The second kappa shape index (κ2) is 5.68. The van der Waals surface area contributed by atoms with Crippen molar-refractivity contribution in [3.05, 3.63) is 46.3 Å². The van der Waals surface area contributed by atoms with Crippen molar-refractivity contribution in [1.82, 2.24) is 14.7 Å². The van der Waals surface area contributed by atoms with E-state index in [2.05, 4.69) is 22.6 Å². The molecular weight excluding hydrogens is 374 g/mol. The highest BCUT2D eigenvalue weighted by Crippen LogP contribution is 2.58. The molecule has 7 rings (SSSR count). The van der Waals surface area contributed by atoms with Crippen LogP contribution in [0.2, 0.25) is 0 Å². The van der Waals surface area contributed by atoms with Gasteiger partial charge >= 0.3 is 0 Å². The van der Waals surface area contributed by atoms with Crippen molar-refractivity contribution in [2.24, 2.45) is 5.92 Å². The van der Waals surface area contributed by atoms with Crippen LogP contribution in [0.15, 0.2) is 18.2 Å². The van der Waals surface area contributed by atoms with Crippen LogP contribution >= 0.6 is 0 Å². The molecule has 1 saturated heterocycles. The Balaban J connectivity index is 1.41. The minimum Gasteiger partial charge on any atom is -0.508 e. The van der Waals surface area contributed by atoms with Crippen LogP contribution in [-0.4, -0.2) is 49.6 Å². The zero-order valence-electron chi connectivity index (χ0n) is 17.8. The molecule has 2 aromatic rings. The largest absolute Gasteiger partial charge is 0.508 e. The summed E-state index contributed by atoms with van der Waals surface area (Å²) in [4.78, 5) is 2.61. The average molecular weight is 406 g/mol. The van der Waals surface area contributed by atoms with Gasteiger partial charge in [0.2, 0.25) is 0 Å². The van der Waals surface area contributed by atoms with Gasteiger partial charge in [0.1, 0.15) is 5.75 Å². The normalized spacial score (nSPS) is 34.9. The number of aromatic hydroxyl groups is 1. The van der Waals surface area contributed by atoms with Gasteiger partial charge in [0.15, 0.2) is 0 Å². The predicted octanol–water partition coefficient (Wildman–Crippen LogP) is 3.04. The van der Waals surface area contributed by atoms with Gasteiger partial charge in [-0.25, -0.2) is 0 Å². The topological polar surface area (TPSA) is 61.5 Å². The molecule has 0 amide bonds. The summed E-state index contributed by atoms with van der Waals surface area (Å²) in [6.45, 7) is 4.37. The summed E-state index contributed by atoms with van der Waals surface area (Å²) >= 11 is 0. The third-order valence-electron chi connectivity index (χ3n) is 9.02. The number of hydrogen-bond donors (Lipinski definition) is 2. The first-order chi connectivity index (χ1) is 14.5. The molecule has 1 aromatic heterocycles. The van der Waals surface area contributed by atoms with E-state index < -0.39 is 5.60 Å². The van der Waals surface area contributed by atoms with Crippen molar-refractivity contribution in [1.29, 1.82) is 0 Å². The van der Waals surface area contributed by atoms with Gasteiger partial charge in [-0.1, -0.05) is 6.07 Å². The lowest BCUT2D eigenvalue weighted by Crippen LogP contribution is -2.74. The maximum atomic E-state index is 12.6. The quantitative estimate of drug-likeness (QED) is 0.824. The van der Waals surface area contributed by atoms with Crippen LogP contribution in [0.25, 0.3) is 0 Å². The molecule has 4 aliphatic carbocycles. The van der Waals surface area contributed by atoms with Crippen molar-refractivity contribution < 1.29 is 10.2 Å². The summed E-state index contributed by atoms with van der Waals surface area (Å²) < 4.78 is 2.25. The van der Waals surface area contributed by atoms with Gasteiger partial charge in [-0.05, 0) is 86.7 Å². The fourth-order valence-corrected chi connectivity index (χ4v) is 7.08. The van der Waals surface area contributed by atoms with Gasteiger partial charge in [-0.2, -0.15) is 5.10 Å². The first-order valence-corrected chi connectivity index (χ1v) is 11.8. The maximum Gasteiger partial charge on any atom is 0.115 e. The van der Waals surface area contributed by atoms with E-state index in [1.54, 1.807) is 0 Å². The van der Waals surface area contributed by atoms with E-state index in [9.17, 15) is 10.2 Å². The van der Waals surface area contributed by atoms with Crippen molar-refractivity contribution in [2.45, 2.75) is 81.4 Å². The second-order valence-corrected chi connectivity index (χ2v) is 10.8. The van der Waals surface area contributed by atoms with E-state index in [0.29, 0.717) is 18.2 Å². The lowest BCUT2D eigenvalue weighted by atomic mass is 9.49. The summed E-state index contributed by atoms with van der Waals surface area (Å²) in [6, 6.07) is 6.58. The van der Waals surface area contributed by atoms with Gasteiger partial charge < -0.3 is 10.2 Å². The molecule has 3 atom stereocenters. The number of benzene rings is 1. The lowest BCUT2D eigenvalue weighted by molar-refractivity contribution is -0.152. The molecule has 0 radical (unpaired) electrons. The molecule has 5 aliphatic rings. The molecule has 2 bridgehead atoms. The van der Waals surface area contributed by atoms with Crippen LogP contribution in [0, 0.1) is 12.8 Å². The van der Waals surface area contributed by atoms with Crippen molar-refractivity contribution in [2.75, 3.05) is 13.1 Å². The molecule has 3 fully saturated rings. The number of rotatable bonds is 3. The Morgan fingerprint density at radius 1 is 1.17 bits per heavy atom. The molecule has 2 saturated carbocycles. The number of phenols is 1. The lowest BCUT2D eigenvalue weighted by Gasteiger charge is -2.63. The highest BCUT2D eigenvalue weighted by molar-refractivity contribution is 5.52. The number of phenolic OH excluding ortho intramolecular Hbond substituents is 1. The summed E-state index contributed by atoms with van der Waals surface area (Å²) in [7, 11) is 0. The molecule has 1 aromatic carbocycles. The molecule has 1 aliphatic heterocycles.